The number of anilines is 1. The van der Waals surface area contributed by atoms with Crippen LogP contribution in [0.2, 0.25) is 0 Å². The third-order valence-electron chi connectivity index (χ3n) is 4.15. The molecule has 22 heavy (non-hydrogen) atoms. The molecule has 0 saturated carbocycles. The predicted molar refractivity (Wildman–Crippen MR) is 93.7 cm³/mol. The number of rotatable bonds is 9. The fourth-order valence-electron chi connectivity index (χ4n) is 2.69. The summed E-state index contributed by atoms with van der Waals surface area (Å²) in [7, 11) is 4.05. The Morgan fingerprint density at radius 3 is 2.50 bits per heavy atom. The van der Waals surface area contributed by atoms with Crippen LogP contribution in [-0.4, -0.2) is 26.7 Å². The average Bonchev–Trinajstić information content (AvgIpc) is 2.51. The minimum Gasteiger partial charge on any atom is -0.462 e. The summed E-state index contributed by atoms with van der Waals surface area (Å²) in [5.74, 6) is 0.429. The van der Waals surface area contributed by atoms with Gasteiger partial charge in [-0.05, 0) is 43.0 Å². The zero-order chi connectivity index (χ0) is 16.5. The number of benzene rings is 1. The van der Waals surface area contributed by atoms with Gasteiger partial charge in [-0.3, -0.25) is 0 Å². The van der Waals surface area contributed by atoms with E-state index in [1.165, 1.54) is 19.3 Å². The second kappa shape index (κ2) is 9.50. The van der Waals surface area contributed by atoms with Crippen molar-refractivity contribution in [3.8, 4) is 0 Å². The maximum atomic E-state index is 12.2. The van der Waals surface area contributed by atoms with Gasteiger partial charge in [0.2, 0.25) is 0 Å². The Morgan fingerprint density at radius 2 is 1.95 bits per heavy atom. The molecule has 0 amide bonds. The molecule has 124 valence electrons. The molecule has 0 fully saturated rings. The van der Waals surface area contributed by atoms with E-state index in [1.54, 1.807) is 0 Å². The normalized spacial score (nSPS) is 12.0. The quantitative estimate of drug-likeness (QED) is 0.620. The summed E-state index contributed by atoms with van der Waals surface area (Å²) in [5.41, 5.74) is 2.98. The number of nitrogens with zero attached hydrogens (tertiary/aromatic N) is 1. The van der Waals surface area contributed by atoms with E-state index in [0.29, 0.717) is 12.5 Å². The molecule has 1 atom stereocenters. The first-order chi connectivity index (χ1) is 10.5. The molecule has 1 rings (SSSR count). The topological polar surface area (TPSA) is 29.5 Å². The summed E-state index contributed by atoms with van der Waals surface area (Å²) in [6, 6.07) is 6.04. The first-order valence-corrected chi connectivity index (χ1v) is 8.50. The SMILES string of the molecule is CCCCC(CC)Cc1cc(N(C)C)ccc1C(=O)OCC. The number of ether oxygens (including phenoxy) is 1. The van der Waals surface area contributed by atoms with Crippen molar-refractivity contribution in [3.63, 3.8) is 0 Å². The van der Waals surface area contributed by atoms with Gasteiger partial charge in [0.05, 0.1) is 12.2 Å². The van der Waals surface area contributed by atoms with Crippen molar-refractivity contribution in [1.82, 2.24) is 0 Å². The molecule has 0 aliphatic rings. The highest BCUT2D eigenvalue weighted by atomic mass is 16.5. The molecule has 0 aliphatic heterocycles. The highest BCUT2D eigenvalue weighted by Gasteiger charge is 2.17. The lowest BCUT2D eigenvalue weighted by Crippen LogP contribution is -2.14. The smallest absolute Gasteiger partial charge is 0.338 e. The number of unbranched alkanes of at least 4 members (excludes halogenated alkanes) is 1. The van der Waals surface area contributed by atoms with Gasteiger partial charge in [-0.15, -0.1) is 0 Å². The van der Waals surface area contributed by atoms with Gasteiger partial charge in [-0.1, -0.05) is 39.5 Å². The van der Waals surface area contributed by atoms with E-state index in [1.807, 2.05) is 33.2 Å². The van der Waals surface area contributed by atoms with E-state index in [2.05, 4.69) is 24.8 Å². The standard InChI is InChI=1S/C19H31NO2/c1-6-9-10-15(7-2)13-16-14-17(20(4)5)11-12-18(16)19(21)22-8-3/h11-12,14-15H,6-10,13H2,1-5H3. The van der Waals surface area contributed by atoms with Crippen LogP contribution < -0.4 is 4.90 Å². The van der Waals surface area contributed by atoms with Crippen LogP contribution >= 0.6 is 0 Å². The van der Waals surface area contributed by atoms with E-state index in [0.717, 1.165) is 29.7 Å². The van der Waals surface area contributed by atoms with E-state index in [9.17, 15) is 4.79 Å². The van der Waals surface area contributed by atoms with Crippen LogP contribution in [0.4, 0.5) is 5.69 Å². The number of hydrogen-bond acceptors (Lipinski definition) is 3. The number of carbonyl (C=O) groups is 1. The molecular formula is C19H31NO2. The van der Waals surface area contributed by atoms with Crippen molar-refractivity contribution in [2.24, 2.45) is 5.92 Å². The van der Waals surface area contributed by atoms with E-state index in [-0.39, 0.29) is 5.97 Å². The predicted octanol–water partition coefficient (Wildman–Crippen LogP) is 4.69. The van der Waals surface area contributed by atoms with Crippen LogP contribution in [0.25, 0.3) is 0 Å². The Bertz CT molecular complexity index is 469. The molecule has 1 aromatic rings. The van der Waals surface area contributed by atoms with Crippen molar-refractivity contribution in [2.45, 2.75) is 52.9 Å². The molecule has 0 aromatic heterocycles. The average molecular weight is 305 g/mol. The van der Waals surface area contributed by atoms with Gasteiger partial charge in [0.1, 0.15) is 0 Å². The Kier molecular flexibility index (Phi) is 8.00. The van der Waals surface area contributed by atoms with Crippen LogP contribution in [0.15, 0.2) is 18.2 Å². The summed E-state index contributed by atoms with van der Waals surface area (Å²) in [6.07, 6.45) is 5.79. The fourth-order valence-corrected chi connectivity index (χ4v) is 2.69. The molecule has 0 heterocycles. The minimum absolute atomic E-state index is 0.201. The van der Waals surface area contributed by atoms with Crippen molar-refractivity contribution in [3.05, 3.63) is 29.3 Å². The first-order valence-electron chi connectivity index (χ1n) is 8.50. The monoisotopic (exact) mass is 305 g/mol. The highest BCUT2D eigenvalue weighted by molar-refractivity contribution is 5.91. The van der Waals surface area contributed by atoms with Crippen molar-refractivity contribution >= 4 is 11.7 Å². The van der Waals surface area contributed by atoms with Crippen LogP contribution in [0, 0.1) is 5.92 Å². The minimum atomic E-state index is -0.201. The third-order valence-corrected chi connectivity index (χ3v) is 4.15. The van der Waals surface area contributed by atoms with Crippen molar-refractivity contribution in [2.75, 3.05) is 25.6 Å². The van der Waals surface area contributed by atoms with Gasteiger partial charge in [0.15, 0.2) is 0 Å². The van der Waals surface area contributed by atoms with Gasteiger partial charge in [0.25, 0.3) is 0 Å². The molecule has 0 N–H and O–H groups in total. The molecule has 0 bridgehead atoms. The summed E-state index contributed by atoms with van der Waals surface area (Å²) < 4.78 is 5.21. The molecule has 0 saturated heterocycles. The van der Waals surface area contributed by atoms with E-state index in [4.69, 9.17) is 4.74 Å². The fraction of sp³-hybridized carbons (Fsp3) is 0.632. The Hall–Kier alpha value is -1.51. The lowest BCUT2D eigenvalue weighted by Gasteiger charge is -2.20. The maximum absolute atomic E-state index is 12.2. The zero-order valence-corrected chi connectivity index (χ0v) is 14.8. The van der Waals surface area contributed by atoms with Crippen LogP contribution in [0.5, 0.6) is 0 Å². The molecule has 0 radical (unpaired) electrons. The van der Waals surface area contributed by atoms with Crippen LogP contribution in [0.3, 0.4) is 0 Å². The molecule has 1 unspecified atom stereocenters. The Morgan fingerprint density at radius 1 is 1.23 bits per heavy atom. The van der Waals surface area contributed by atoms with Gasteiger partial charge in [-0.2, -0.15) is 0 Å². The van der Waals surface area contributed by atoms with Gasteiger partial charge >= 0.3 is 5.97 Å². The number of hydrogen-bond donors (Lipinski definition) is 0. The molecule has 3 nitrogen and oxygen atoms in total. The van der Waals surface area contributed by atoms with Gasteiger partial charge in [-0.25, -0.2) is 4.79 Å². The molecule has 1 aromatic carbocycles. The first kappa shape index (κ1) is 18.5. The maximum Gasteiger partial charge on any atom is 0.338 e. The second-order valence-electron chi connectivity index (χ2n) is 6.08. The van der Waals surface area contributed by atoms with Crippen LogP contribution in [-0.2, 0) is 11.2 Å². The largest absolute Gasteiger partial charge is 0.462 e. The Labute approximate surface area is 135 Å². The molecule has 0 spiro atoms. The lowest BCUT2D eigenvalue weighted by molar-refractivity contribution is 0.0525. The van der Waals surface area contributed by atoms with E-state index >= 15 is 0 Å². The van der Waals surface area contributed by atoms with Crippen LogP contribution in [0.1, 0.15) is 62.4 Å². The third kappa shape index (κ3) is 5.36. The van der Waals surface area contributed by atoms with Gasteiger partial charge in [0, 0.05) is 19.8 Å². The number of esters is 1. The Balaban J connectivity index is 3.04. The molecule has 0 aliphatic carbocycles. The second-order valence-corrected chi connectivity index (χ2v) is 6.08. The zero-order valence-electron chi connectivity index (χ0n) is 14.8. The molecule has 3 heteroatoms. The summed E-state index contributed by atoms with van der Waals surface area (Å²) in [5, 5.41) is 0. The lowest BCUT2D eigenvalue weighted by atomic mass is 9.89. The molecular weight excluding hydrogens is 274 g/mol. The number of carbonyl (C=O) groups excluding carboxylic acids is 1. The van der Waals surface area contributed by atoms with Crippen molar-refractivity contribution in [1.29, 1.82) is 0 Å². The van der Waals surface area contributed by atoms with Gasteiger partial charge < -0.3 is 9.64 Å². The van der Waals surface area contributed by atoms with Crippen molar-refractivity contribution < 1.29 is 9.53 Å². The van der Waals surface area contributed by atoms with E-state index < -0.39 is 0 Å². The summed E-state index contributed by atoms with van der Waals surface area (Å²) in [6.45, 7) is 6.73. The highest BCUT2D eigenvalue weighted by Crippen LogP contribution is 2.25. The summed E-state index contributed by atoms with van der Waals surface area (Å²) >= 11 is 0. The summed E-state index contributed by atoms with van der Waals surface area (Å²) in [4.78, 5) is 14.3.